The maximum absolute atomic E-state index is 13.4. The second-order valence-corrected chi connectivity index (χ2v) is 6.85. The summed E-state index contributed by atoms with van der Waals surface area (Å²) in [6.45, 7) is 0. The van der Waals surface area contributed by atoms with Crippen LogP contribution in [0.4, 0.5) is 4.39 Å². The fraction of sp³-hybridized carbons (Fsp3) is 0.571. The SMILES string of the molecule is COc1cc(C2(O)CC3CCC(C2)S3)ccc1F. The van der Waals surface area contributed by atoms with E-state index in [9.17, 15) is 9.50 Å². The molecular formula is C14H17FO2S. The summed E-state index contributed by atoms with van der Waals surface area (Å²) in [5.74, 6) is -0.162. The molecule has 0 spiro atoms. The Morgan fingerprint density at radius 2 is 2.00 bits per heavy atom. The summed E-state index contributed by atoms with van der Waals surface area (Å²) in [5.41, 5.74) is -0.0177. The first-order valence-electron chi connectivity index (χ1n) is 6.32. The molecule has 0 amide bonds. The Hall–Kier alpha value is -0.740. The van der Waals surface area contributed by atoms with Crippen molar-refractivity contribution in [3.05, 3.63) is 29.6 Å². The first kappa shape index (κ1) is 12.3. The molecule has 0 radical (unpaired) electrons. The number of halogens is 1. The molecule has 0 saturated carbocycles. The number of ether oxygens (including phenoxy) is 1. The molecule has 18 heavy (non-hydrogen) atoms. The topological polar surface area (TPSA) is 29.5 Å². The highest BCUT2D eigenvalue weighted by molar-refractivity contribution is 8.00. The predicted molar refractivity (Wildman–Crippen MR) is 70.5 cm³/mol. The fourth-order valence-electron chi connectivity index (χ4n) is 3.10. The minimum atomic E-state index is -0.807. The van der Waals surface area contributed by atoms with Crippen molar-refractivity contribution in [2.45, 2.75) is 41.8 Å². The zero-order chi connectivity index (χ0) is 12.8. The van der Waals surface area contributed by atoms with Crippen LogP contribution in [0.15, 0.2) is 18.2 Å². The highest BCUT2D eigenvalue weighted by Crippen LogP contribution is 2.51. The molecule has 2 heterocycles. The molecule has 2 unspecified atom stereocenters. The van der Waals surface area contributed by atoms with E-state index < -0.39 is 5.60 Å². The highest BCUT2D eigenvalue weighted by Gasteiger charge is 2.44. The summed E-state index contributed by atoms with van der Waals surface area (Å²) in [5, 5.41) is 11.9. The van der Waals surface area contributed by atoms with Gasteiger partial charge in [0.2, 0.25) is 0 Å². The van der Waals surface area contributed by atoms with Crippen molar-refractivity contribution in [1.29, 1.82) is 0 Å². The number of hydrogen-bond acceptors (Lipinski definition) is 3. The van der Waals surface area contributed by atoms with Crippen molar-refractivity contribution in [3.8, 4) is 5.75 Å². The van der Waals surface area contributed by atoms with Crippen molar-refractivity contribution in [1.82, 2.24) is 0 Å². The largest absolute Gasteiger partial charge is 0.494 e. The van der Waals surface area contributed by atoms with Gasteiger partial charge in [-0.1, -0.05) is 6.07 Å². The van der Waals surface area contributed by atoms with E-state index in [4.69, 9.17) is 4.74 Å². The number of methoxy groups -OCH3 is 1. The van der Waals surface area contributed by atoms with Crippen LogP contribution in [0.2, 0.25) is 0 Å². The minimum Gasteiger partial charge on any atom is -0.494 e. The molecule has 1 aromatic rings. The quantitative estimate of drug-likeness (QED) is 0.894. The van der Waals surface area contributed by atoms with E-state index in [0.29, 0.717) is 10.5 Å². The van der Waals surface area contributed by atoms with E-state index in [1.807, 2.05) is 11.8 Å². The molecule has 2 nitrogen and oxygen atoms in total. The Kier molecular flexibility index (Phi) is 3.02. The van der Waals surface area contributed by atoms with Gasteiger partial charge in [0, 0.05) is 10.5 Å². The van der Waals surface area contributed by atoms with E-state index in [2.05, 4.69) is 0 Å². The van der Waals surface area contributed by atoms with Gasteiger partial charge in [-0.05, 0) is 43.4 Å². The summed E-state index contributed by atoms with van der Waals surface area (Å²) < 4.78 is 18.4. The summed E-state index contributed by atoms with van der Waals surface area (Å²) >= 11 is 2.00. The molecule has 2 saturated heterocycles. The average molecular weight is 268 g/mol. The Balaban J connectivity index is 1.93. The maximum atomic E-state index is 13.4. The lowest BCUT2D eigenvalue weighted by molar-refractivity contribution is 0.0194. The molecule has 1 aromatic carbocycles. The number of benzene rings is 1. The number of fused-ring (bicyclic) bond motifs is 2. The van der Waals surface area contributed by atoms with Gasteiger partial charge in [0.25, 0.3) is 0 Å². The zero-order valence-electron chi connectivity index (χ0n) is 10.4. The van der Waals surface area contributed by atoms with E-state index in [-0.39, 0.29) is 11.6 Å². The third kappa shape index (κ3) is 2.01. The van der Waals surface area contributed by atoms with Crippen molar-refractivity contribution >= 4 is 11.8 Å². The number of hydrogen-bond donors (Lipinski definition) is 1. The molecule has 3 rings (SSSR count). The van der Waals surface area contributed by atoms with Crippen molar-refractivity contribution in [3.63, 3.8) is 0 Å². The average Bonchev–Trinajstić information content (AvgIpc) is 2.69. The summed E-state index contributed by atoms with van der Waals surface area (Å²) in [6.07, 6.45) is 3.91. The minimum absolute atomic E-state index is 0.214. The second-order valence-electron chi connectivity index (χ2n) is 5.25. The molecule has 2 fully saturated rings. The first-order valence-corrected chi connectivity index (χ1v) is 7.27. The summed E-state index contributed by atoms with van der Waals surface area (Å²) in [4.78, 5) is 0. The van der Waals surface area contributed by atoms with Gasteiger partial charge in [-0.3, -0.25) is 0 Å². The predicted octanol–water partition coefficient (Wildman–Crippen LogP) is 3.08. The van der Waals surface area contributed by atoms with Gasteiger partial charge >= 0.3 is 0 Å². The van der Waals surface area contributed by atoms with Gasteiger partial charge in [-0.25, -0.2) is 4.39 Å². The summed E-state index contributed by atoms with van der Waals surface area (Å²) in [7, 11) is 1.45. The van der Waals surface area contributed by atoms with Gasteiger partial charge in [0.15, 0.2) is 11.6 Å². The lowest BCUT2D eigenvalue weighted by Crippen LogP contribution is -2.34. The van der Waals surface area contributed by atoms with Crippen LogP contribution in [0.25, 0.3) is 0 Å². The molecule has 1 N–H and O–H groups in total. The van der Waals surface area contributed by atoms with E-state index in [0.717, 1.165) is 18.4 Å². The lowest BCUT2D eigenvalue weighted by atomic mass is 9.86. The molecular weight excluding hydrogens is 251 g/mol. The normalized spacial score (nSPS) is 34.6. The lowest BCUT2D eigenvalue weighted by Gasteiger charge is -2.36. The highest BCUT2D eigenvalue weighted by atomic mass is 32.2. The van der Waals surface area contributed by atoms with Crippen LogP contribution in [0.3, 0.4) is 0 Å². The molecule has 2 atom stereocenters. The first-order chi connectivity index (χ1) is 8.60. The Bertz CT molecular complexity index is 451. The van der Waals surface area contributed by atoms with Crippen LogP contribution in [0.1, 0.15) is 31.2 Å². The molecule has 4 heteroatoms. The van der Waals surface area contributed by atoms with Crippen molar-refractivity contribution in [2.75, 3.05) is 7.11 Å². The van der Waals surface area contributed by atoms with Gasteiger partial charge in [0.05, 0.1) is 12.7 Å². The van der Waals surface area contributed by atoms with Crippen molar-refractivity contribution in [2.24, 2.45) is 0 Å². The molecule has 98 valence electrons. The molecule has 2 aliphatic heterocycles. The number of rotatable bonds is 2. The molecule has 2 aliphatic rings. The third-order valence-corrected chi connectivity index (χ3v) is 5.59. The Morgan fingerprint density at radius 3 is 2.61 bits per heavy atom. The molecule has 2 bridgehead atoms. The van der Waals surface area contributed by atoms with E-state index >= 15 is 0 Å². The van der Waals surface area contributed by atoms with Gasteiger partial charge < -0.3 is 9.84 Å². The molecule has 0 aliphatic carbocycles. The van der Waals surface area contributed by atoms with E-state index in [1.54, 1.807) is 12.1 Å². The Morgan fingerprint density at radius 1 is 1.33 bits per heavy atom. The van der Waals surface area contributed by atoms with Crippen LogP contribution >= 0.6 is 11.8 Å². The zero-order valence-corrected chi connectivity index (χ0v) is 11.2. The monoisotopic (exact) mass is 268 g/mol. The van der Waals surface area contributed by atoms with Crippen LogP contribution in [0, 0.1) is 5.82 Å². The number of thioether (sulfide) groups is 1. The molecule has 0 aromatic heterocycles. The maximum Gasteiger partial charge on any atom is 0.165 e. The van der Waals surface area contributed by atoms with Crippen LogP contribution < -0.4 is 4.74 Å². The van der Waals surface area contributed by atoms with Crippen LogP contribution in [-0.4, -0.2) is 22.7 Å². The van der Waals surface area contributed by atoms with E-state index in [1.165, 1.54) is 26.0 Å². The van der Waals surface area contributed by atoms with Crippen LogP contribution in [-0.2, 0) is 5.60 Å². The van der Waals surface area contributed by atoms with Crippen LogP contribution in [0.5, 0.6) is 5.75 Å². The standard InChI is InChI=1S/C14H17FO2S/c1-17-13-6-9(2-5-12(13)15)14(16)7-10-3-4-11(8-14)18-10/h2,5-6,10-11,16H,3-4,7-8H2,1H3. The number of aliphatic hydroxyl groups is 1. The fourth-order valence-corrected chi connectivity index (χ4v) is 4.93. The van der Waals surface area contributed by atoms with Crippen molar-refractivity contribution < 1.29 is 14.2 Å². The van der Waals surface area contributed by atoms with Gasteiger partial charge in [0.1, 0.15) is 0 Å². The Labute approximate surface area is 111 Å². The second kappa shape index (κ2) is 4.42. The third-order valence-electron chi connectivity index (χ3n) is 4.01. The smallest absolute Gasteiger partial charge is 0.165 e. The van der Waals surface area contributed by atoms with Gasteiger partial charge in [-0.15, -0.1) is 0 Å². The summed E-state index contributed by atoms with van der Waals surface area (Å²) in [6, 6.07) is 4.72. The van der Waals surface area contributed by atoms with Gasteiger partial charge in [-0.2, -0.15) is 11.8 Å².